The van der Waals surface area contributed by atoms with Crippen LogP contribution < -0.4 is 5.32 Å². The maximum atomic E-state index is 12.7. The van der Waals surface area contributed by atoms with Crippen molar-refractivity contribution in [2.75, 3.05) is 20.3 Å². The maximum absolute atomic E-state index is 12.7. The van der Waals surface area contributed by atoms with Gasteiger partial charge in [-0.1, -0.05) is 26.0 Å². The first-order chi connectivity index (χ1) is 17.3. The van der Waals surface area contributed by atoms with E-state index < -0.39 is 60.1 Å². The molecule has 2 N–H and O–H groups in total. The van der Waals surface area contributed by atoms with Crippen molar-refractivity contribution >= 4 is 29.8 Å². The number of nitrogens with one attached hydrogen (secondary N) is 1. The molecule has 4 atom stereocenters. The van der Waals surface area contributed by atoms with Crippen molar-refractivity contribution in [1.29, 1.82) is 0 Å². The summed E-state index contributed by atoms with van der Waals surface area (Å²) in [6.45, 7) is 7.14. The molecule has 0 aliphatic carbocycles. The number of carbonyl (C=O) groups is 5. The summed E-state index contributed by atoms with van der Waals surface area (Å²) in [7, 11) is 1.44. The van der Waals surface area contributed by atoms with Crippen LogP contribution in [-0.4, -0.2) is 79.6 Å². The molecule has 0 saturated carbocycles. The lowest BCUT2D eigenvalue weighted by Gasteiger charge is -2.22. The van der Waals surface area contributed by atoms with E-state index in [1.807, 2.05) is 0 Å². The number of carbonyl (C=O) groups excluding carboxylic acids is 5. The molecule has 12 heteroatoms. The predicted molar refractivity (Wildman–Crippen MR) is 128 cm³/mol. The summed E-state index contributed by atoms with van der Waals surface area (Å²) in [6, 6.07) is 4.90. The number of phenolic OH excluding ortho intramolecular Hbond substituents is 1. The summed E-state index contributed by atoms with van der Waals surface area (Å²) < 4.78 is 25.0. The molecule has 1 rings (SSSR count). The lowest BCUT2D eigenvalue weighted by Crippen LogP contribution is -2.48. The number of hydrogen-bond donors (Lipinski definition) is 2. The summed E-state index contributed by atoms with van der Waals surface area (Å²) in [6.07, 6.45) is -3.94. The highest BCUT2D eigenvalue weighted by molar-refractivity contribution is 5.89. The van der Waals surface area contributed by atoms with Crippen LogP contribution in [0, 0.1) is 5.92 Å². The summed E-state index contributed by atoms with van der Waals surface area (Å²) in [4.78, 5) is 61.3. The van der Waals surface area contributed by atoms with Gasteiger partial charge in [-0.2, -0.15) is 0 Å². The van der Waals surface area contributed by atoms with E-state index in [1.54, 1.807) is 26.0 Å². The van der Waals surface area contributed by atoms with Gasteiger partial charge in [0.05, 0.1) is 12.5 Å². The Morgan fingerprint density at radius 1 is 0.757 bits per heavy atom. The number of amides is 1. The van der Waals surface area contributed by atoms with E-state index in [2.05, 4.69) is 5.32 Å². The number of benzene rings is 1. The zero-order chi connectivity index (χ0) is 28.1. The van der Waals surface area contributed by atoms with Gasteiger partial charge in [0.2, 0.25) is 0 Å². The fraction of sp³-hybridized carbons (Fsp3) is 0.560. The van der Waals surface area contributed by atoms with Crippen LogP contribution in [0.5, 0.6) is 5.75 Å². The Hall–Kier alpha value is -3.67. The van der Waals surface area contributed by atoms with Gasteiger partial charge in [-0.3, -0.25) is 9.59 Å². The monoisotopic (exact) mass is 525 g/mol. The van der Waals surface area contributed by atoms with E-state index in [1.165, 1.54) is 40.0 Å². The maximum Gasteiger partial charge on any atom is 0.347 e. The van der Waals surface area contributed by atoms with E-state index in [0.29, 0.717) is 5.56 Å². The van der Waals surface area contributed by atoms with Crippen molar-refractivity contribution in [2.45, 2.75) is 65.4 Å². The number of hydrogen-bond acceptors (Lipinski definition) is 11. The van der Waals surface area contributed by atoms with Crippen LogP contribution in [0.25, 0.3) is 0 Å². The summed E-state index contributed by atoms with van der Waals surface area (Å²) in [5.41, 5.74) is 0.629. The summed E-state index contributed by atoms with van der Waals surface area (Å²) in [5, 5.41) is 11.9. The minimum absolute atomic E-state index is 0.0321. The first kappa shape index (κ1) is 31.4. The number of ether oxygens (including phenoxy) is 5. The highest BCUT2D eigenvalue weighted by Gasteiger charge is 2.30. The molecule has 0 saturated heterocycles. The van der Waals surface area contributed by atoms with E-state index in [0.717, 1.165) is 0 Å². The zero-order valence-corrected chi connectivity index (χ0v) is 21.8. The second kappa shape index (κ2) is 15.4. The minimum atomic E-state index is -1.39. The number of methoxy groups -OCH3 is 1. The fourth-order valence-electron chi connectivity index (χ4n) is 2.68. The second-order valence-electron chi connectivity index (χ2n) is 8.48. The van der Waals surface area contributed by atoms with Crippen LogP contribution in [0.15, 0.2) is 24.3 Å². The molecule has 0 spiro atoms. The van der Waals surface area contributed by atoms with Crippen LogP contribution in [0.1, 0.15) is 40.2 Å². The molecule has 206 valence electrons. The van der Waals surface area contributed by atoms with E-state index >= 15 is 0 Å². The average molecular weight is 526 g/mol. The Morgan fingerprint density at radius 2 is 1.27 bits per heavy atom. The highest BCUT2D eigenvalue weighted by atomic mass is 16.6. The predicted octanol–water partition coefficient (Wildman–Crippen LogP) is 1.06. The zero-order valence-electron chi connectivity index (χ0n) is 21.8. The van der Waals surface area contributed by atoms with Gasteiger partial charge in [-0.25, -0.2) is 14.4 Å². The number of phenols is 1. The molecule has 0 bridgehead atoms. The molecule has 12 nitrogen and oxygen atoms in total. The van der Waals surface area contributed by atoms with Crippen molar-refractivity contribution in [2.24, 2.45) is 5.92 Å². The third-order valence-corrected chi connectivity index (χ3v) is 4.89. The Balaban J connectivity index is 2.74. The lowest BCUT2D eigenvalue weighted by atomic mass is 10.1. The quantitative estimate of drug-likeness (QED) is 0.203. The van der Waals surface area contributed by atoms with Crippen molar-refractivity contribution < 1.29 is 52.8 Å². The van der Waals surface area contributed by atoms with Gasteiger partial charge in [0.25, 0.3) is 5.91 Å². The first-order valence-electron chi connectivity index (χ1n) is 11.7. The molecule has 0 heterocycles. The third kappa shape index (κ3) is 11.3. The minimum Gasteiger partial charge on any atom is -0.508 e. The molecular weight excluding hydrogens is 490 g/mol. The van der Waals surface area contributed by atoms with Gasteiger partial charge in [-0.15, -0.1) is 0 Å². The number of esters is 4. The molecule has 0 aliphatic heterocycles. The molecule has 0 aliphatic rings. The Bertz CT molecular complexity index is 929. The van der Waals surface area contributed by atoms with Crippen molar-refractivity contribution in [1.82, 2.24) is 5.32 Å². The van der Waals surface area contributed by atoms with Crippen LogP contribution in [0.4, 0.5) is 0 Å². The number of rotatable bonds is 14. The van der Waals surface area contributed by atoms with Crippen LogP contribution in [0.3, 0.4) is 0 Å². The standard InChI is InChI=1S/C25H35NO11/c1-14(2)22(29)36-16(4)24(31)37-17(5)23(30)35-15(3)21(28)26-20(25(32)34-12-11-33-6)13-18-7-9-19(27)10-8-18/h7-10,14-17,20,27H,11-13H2,1-6H3,(H,26,28). The topological polar surface area (TPSA) is 164 Å². The Kier molecular flexibility index (Phi) is 13.1. The van der Waals surface area contributed by atoms with Gasteiger partial charge in [0.15, 0.2) is 18.3 Å². The van der Waals surface area contributed by atoms with Crippen molar-refractivity contribution in [3.8, 4) is 5.75 Å². The van der Waals surface area contributed by atoms with Crippen LogP contribution >= 0.6 is 0 Å². The molecule has 4 unspecified atom stereocenters. The molecule has 0 aromatic heterocycles. The Labute approximate surface area is 215 Å². The Morgan fingerprint density at radius 3 is 1.78 bits per heavy atom. The summed E-state index contributed by atoms with van der Waals surface area (Å²) >= 11 is 0. The van der Waals surface area contributed by atoms with Crippen molar-refractivity contribution in [3.63, 3.8) is 0 Å². The fourth-order valence-corrected chi connectivity index (χ4v) is 2.68. The van der Waals surface area contributed by atoms with Gasteiger partial charge < -0.3 is 34.1 Å². The lowest BCUT2D eigenvalue weighted by molar-refractivity contribution is -0.180. The van der Waals surface area contributed by atoms with Gasteiger partial charge in [0, 0.05) is 13.5 Å². The number of aromatic hydroxyl groups is 1. The van der Waals surface area contributed by atoms with E-state index in [9.17, 15) is 29.1 Å². The second-order valence-corrected chi connectivity index (χ2v) is 8.48. The normalized spacial score (nSPS) is 14.0. The first-order valence-corrected chi connectivity index (χ1v) is 11.7. The molecular formula is C25H35NO11. The molecule has 1 aromatic carbocycles. The van der Waals surface area contributed by atoms with Crippen LogP contribution in [0.2, 0.25) is 0 Å². The molecule has 1 amide bonds. The van der Waals surface area contributed by atoms with Gasteiger partial charge >= 0.3 is 23.9 Å². The molecule has 0 radical (unpaired) electrons. The largest absolute Gasteiger partial charge is 0.508 e. The van der Waals surface area contributed by atoms with Gasteiger partial charge in [-0.05, 0) is 38.5 Å². The highest BCUT2D eigenvalue weighted by Crippen LogP contribution is 2.13. The molecule has 1 aromatic rings. The SMILES string of the molecule is COCCOC(=O)C(Cc1ccc(O)cc1)NC(=O)C(C)OC(=O)C(C)OC(=O)C(C)OC(=O)C(C)C. The molecule has 0 fully saturated rings. The van der Waals surface area contributed by atoms with E-state index in [-0.39, 0.29) is 25.4 Å². The van der Waals surface area contributed by atoms with Crippen molar-refractivity contribution in [3.05, 3.63) is 29.8 Å². The average Bonchev–Trinajstić information content (AvgIpc) is 2.84. The van der Waals surface area contributed by atoms with E-state index in [4.69, 9.17) is 23.7 Å². The summed E-state index contributed by atoms with van der Waals surface area (Å²) in [5.74, 6) is -4.52. The smallest absolute Gasteiger partial charge is 0.347 e. The van der Waals surface area contributed by atoms with Crippen LogP contribution in [-0.2, 0) is 54.1 Å². The third-order valence-electron chi connectivity index (χ3n) is 4.89. The molecule has 37 heavy (non-hydrogen) atoms. The van der Waals surface area contributed by atoms with Gasteiger partial charge in [0.1, 0.15) is 18.4 Å².